The summed E-state index contributed by atoms with van der Waals surface area (Å²) in [4.78, 5) is 7.82. The fourth-order valence-electron chi connectivity index (χ4n) is 2.08. The maximum atomic E-state index is 6.00. The van der Waals surface area contributed by atoms with Gasteiger partial charge in [0.05, 0.1) is 17.6 Å². The summed E-state index contributed by atoms with van der Waals surface area (Å²) in [5.74, 6) is 0.935. The van der Waals surface area contributed by atoms with Gasteiger partial charge in [-0.15, -0.1) is 0 Å². The molecule has 0 saturated carbocycles. The molecular formula is C15H13BrClN3. The van der Waals surface area contributed by atoms with Crippen LogP contribution in [0.4, 0.5) is 0 Å². The average molecular weight is 351 g/mol. The monoisotopic (exact) mass is 349 g/mol. The lowest BCUT2D eigenvalue weighted by atomic mass is 10.2. The van der Waals surface area contributed by atoms with Crippen molar-refractivity contribution in [3.05, 3.63) is 63.3 Å². The van der Waals surface area contributed by atoms with Crippen molar-refractivity contribution in [3.8, 4) is 0 Å². The van der Waals surface area contributed by atoms with Crippen molar-refractivity contribution < 1.29 is 0 Å². The number of hydrogen-bond acceptors (Lipinski definition) is 2. The molecule has 102 valence electrons. The molecule has 1 heterocycles. The van der Waals surface area contributed by atoms with Gasteiger partial charge in [-0.05, 0) is 35.9 Å². The number of aromatic nitrogens is 2. The molecule has 0 aliphatic heterocycles. The Kier molecular flexibility index (Phi) is 4.05. The summed E-state index contributed by atoms with van der Waals surface area (Å²) in [6.45, 7) is 1.42. The van der Waals surface area contributed by atoms with Gasteiger partial charge >= 0.3 is 0 Å². The Bertz CT molecular complexity index is 706. The molecule has 2 aromatic carbocycles. The van der Waals surface area contributed by atoms with E-state index in [1.165, 1.54) is 0 Å². The van der Waals surface area contributed by atoms with Crippen molar-refractivity contribution in [3.63, 3.8) is 0 Å². The number of halogens is 2. The Labute approximate surface area is 130 Å². The van der Waals surface area contributed by atoms with Gasteiger partial charge in [-0.1, -0.05) is 39.7 Å². The highest BCUT2D eigenvalue weighted by Crippen LogP contribution is 2.21. The predicted octanol–water partition coefficient (Wildman–Crippen LogP) is 4.27. The molecular weight excluding hydrogens is 338 g/mol. The molecule has 3 nitrogen and oxygen atoms in total. The minimum atomic E-state index is 0.688. The van der Waals surface area contributed by atoms with Crippen LogP contribution in [-0.2, 0) is 13.1 Å². The summed E-state index contributed by atoms with van der Waals surface area (Å²) in [6.07, 6.45) is 0. The SMILES string of the molecule is Clc1ccc(Br)c(CNCc2nc3ccccc3[nH]2)c1. The van der Waals surface area contributed by atoms with E-state index >= 15 is 0 Å². The van der Waals surface area contributed by atoms with E-state index in [4.69, 9.17) is 11.6 Å². The summed E-state index contributed by atoms with van der Waals surface area (Å²) in [6, 6.07) is 13.8. The Morgan fingerprint density at radius 2 is 2.00 bits per heavy atom. The van der Waals surface area contributed by atoms with Crippen molar-refractivity contribution in [1.29, 1.82) is 0 Å². The van der Waals surface area contributed by atoms with Crippen LogP contribution in [0.15, 0.2) is 46.9 Å². The lowest BCUT2D eigenvalue weighted by Crippen LogP contribution is -2.14. The molecule has 0 bridgehead atoms. The van der Waals surface area contributed by atoms with Crippen LogP contribution in [0.25, 0.3) is 11.0 Å². The first-order valence-electron chi connectivity index (χ1n) is 6.30. The number of para-hydroxylation sites is 2. The molecule has 1 aromatic heterocycles. The quantitative estimate of drug-likeness (QED) is 0.738. The number of hydrogen-bond donors (Lipinski definition) is 2. The highest BCUT2D eigenvalue weighted by molar-refractivity contribution is 9.10. The largest absolute Gasteiger partial charge is 0.341 e. The van der Waals surface area contributed by atoms with Gasteiger partial charge in [-0.25, -0.2) is 4.98 Å². The van der Waals surface area contributed by atoms with Crippen molar-refractivity contribution in [2.24, 2.45) is 0 Å². The molecule has 0 spiro atoms. The Balaban J connectivity index is 1.66. The summed E-state index contributed by atoms with van der Waals surface area (Å²) < 4.78 is 1.05. The lowest BCUT2D eigenvalue weighted by Gasteiger charge is -2.06. The topological polar surface area (TPSA) is 40.7 Å². The molecule has 0 saturated heterocycles. The van der Waals surface area contributed by atoms with Gasteiger partial charge in [-0.3, -0.25) is 0 Å². The van der Waals surface area contributed by atoms with Crippen LogP contribution in [0.2, 0.25) is 5.02 Å². The molecule has 5 heteroatoms. The molecule has 3 aromatic rings. The van der Waals surface area contributed by atoms with E-state index in [1.807, 2.05) is 42.5 Å². The van der Waals surface area contributed by atoms with Crippen LogP contribution in [0, 0.1) is 0 Å². The third-order valence-electron chi connectivity index (χ3n) is 3.05. The van der Waals surface area contributed by atoms with E-state index in [1.54, 1.807) is 0 Å². The van der Waals surface area contributed by atoms with E-state index in [0.717, 1.165) is 38.5 Å². The van der Waals surface area contributed by atoms with Crippen LogP contribution in [0.3, 0.4) is 0 Å². The van der Waals surface area contributed by atoms with Crippen LogP contribution in [0.1, 0.15) is 11.4 Å². The molecule has 0 unspecified atom stereocenters. The molecule has 0 aliphatic carbocycles. The Hall–Kier alpha value is -1.36. The summed E-state index contributed by atoms with van der Waals surface area (Å²) >= 11 is 9.52. The number of fused-ring (bicyclic) bond motifs is 1. The minimum absolute atomic E-state index is 0.688. The van der Waals surface area contributed by atoms with Crippen LogP contribution < -0.4 is 5.32 Å². The summed E-state index contributed by atoms with van der Waals surface area (Å²) in [5, 5.41) is 4.11. The second kappa shape index (κ2) is 5.95. The van der Waals surface area contributed by atoms with Crippen molar-refractivity contribution in [2.75, 3.05) is 0 Å². The van der Waals surface area contributed by atoms with Gasteiger partial charge < -0.3 is 10.3 Å². The molecule has 0 fully saturated rings. The maximum Gasteiger partial charge on any atom is 0.121 e. The van der Waals surface area contributed by atoms with Crippen molar-refractivity contribution >= 4 is 38.6 Å². The first kappa shape index (κ1) is 13.6. The van der Waals surface area contributed by atoms with Gasteiger partial charge in [0.1, 0.15) is 5.82 Å². The van der Waals surface area contributed by atoms with Gasteiger partial charge in [0.15, 0.2) is 0 Å². The first-order chi connectivity index (χ1) is 9.72. The Morgan fingerprint density at radius 1 is 1.15 bits per heavy atom. The number of imidazole rings is 1. The summed E-state index contributed by atoms with van der Waals surface area (Å²) in [5.41, 5.74) is 3.19. The molecule has 2 N–H and O–H groups in total. The number of H-pyrrole nitrogens is 1. The number of nitrogens with one attached hydrogen (secondary N) is 2. The van der Waals surface area contributed by atoms with E-state index in [9.17, 15) is 0 Å². The lowest BCUT2D eigenvalue weighted by molar-refractivity contribution is 0.669. The standard InChI is InChI=1S/C15H13BrClN3/c16-12-6-5-11(17)7-10(12)8-18-9-15-19-13-3-1-2-4-14(13)20-15/h1-7,18H,8-9H2,(H,19,20). The third kappa shape index (κ3) is 3.03. The molecule has 0 atom stereocenters. The zero-order chi connectivity index (χ0) is 13.9. The summed E-state index contributed by atoms with van der Waals surface area (Å²) in [7, 11) is 0. The Morgan fingerprint density at radius 3 is 2.85 bits per heavy atom. The highest BCUT2D eigenvalue weighted by Gasteiger charge is 2.03. The zero-order valence-corrected chi connectivity index (χ0v) is 13.0. The van der Waals surface area contributed by atoms with Crippen molar-refractivity contribution in [1.82, 2.24) is 15.3 Å². The van der Waals surface area contributed by atoms with Crippen LogP contribution >= 0.6 is 27.5 Å². The smallest absolute Gasteiger partial charge is 0.121 e. The number of benzene rings is 2. The fraction of sp³-hybridized carbons (Fsp3) is 0.133. The third-order valence-corrected chi connectivity index (χ3v) is 4.06. The average Bonchev–Trinajstić information content (AvgIpc) is 2.85. The van der Waals surface area contributed by atoms with Crippen LogP contribution in [0.5, 0.6) is 0 Å². The molecule has 3 rings (SSSR count). The van der Waals surface area contributed by atoms with Gasteiger partial charge in [0, 0.05) is 16.0 Å². The predicted molar refractivity (Wildman–Crippen MR) is 85.8 cm³/mol. The normalized spacial score (nSPS) is 11.1. The van der Waals surface area contributed by atoms with Gasteiger partial charge in [0.2, 0.25) is 0 Å². The molecule has 0 amide bonds. The van der Waals surface area contributed by atoms with E-state index in [-0.39, 0.29) is 0 Å². The number of aromatic amines is 1. The fourth-order valence-corrected chi connectivity index (χ4v) is 2.67. The van der Waals surface area contributed by atoms with E-state index in [0.29, 0.717) is 6.54 Å². The molecule has 0 aliphatic rings. The maximum absolute atomic E-state index is 6.00. The second-order valence-electron chi connectivity index (χ2n) is 4.54. The number of rotatable bonds is 4. The zero-order valence-electron chi connectivity index (χ0n) is 10.7. The first-order valence-corrected chi connectivity index (χ1v) is 7.48. The minimum Gasteiger partial charge on any atom is -0.341 e. The molecule has 0 radical (unpaired) electrons. The van der Waals surface area contributed by atoms with Gasteiger partial charge in [0.25, 0.3) is 0 Å². The molecule has 20 heavy (non-hydrogen) atoms. The van der Waals surface area contributed by atoms with E-state index < -0.39 is 0 Å². The van der Waals surface area contributed by atoms with E-state index in [2.05, 4.69) is 31.2 Å². The second-order valence-corrected chi connectivity index (χ2v) is 5.83. The van der Waals surface area contributed by atoms with Crippen LogP contribution in [-0.4, -0.2) is 9.97 Å². The number of nitrogens with zero attached hydrogens (tertiary/aromatic N) is 1. The highest BCUT2D eigenvalue weighted by atomic mass is 79.9. The van der Waals surface area contributed by atoms with Gasteiger partial charge in [-0.2, -0.15) is 0 Å². The van der Waals surface area contributed by atoms with Crippen molar-refractivity contribution in [2.45, 2.75) is 13.1 Å².